The Morgan fingerprint density at radius 2 is 2.22 bits per heavy atom. The Balaban J connectivity index is 1.85. The number of nitrogens with one attached hydrogen (secondary N) is 1. The number of rotatable bonds is 3. The number of anilines is 1. The molecule has 0 unspecified atom stereocenters. The second kappa shape index (κ2) is 4.42. The summed E-state index contributed by atoms with van der Waals surface area (Å²) in [6, 6.07) is 6.42. The highest BCUT2D eigenvalue weighted by Crippen LogP contribution is 2.24. The zero-order valence-corrected chi connectivity index (χ0v) is 11.1. The molecule has 2 heterocycles. The molecule has 4 nitrogen and oxygen atoms in total. The molecule has 0 radical (unpaired) electrons. The van der Waals surface area contributed by atoms with Crippen LogP contribution in [0.3, 0.4) is 0 Å². The molecule has 2 aromatic heterocycles. The van der Waals surface area contributed by atoms with Crippen molar-refractivity contribution in [2.75, 3.05) is 5.32 Å². The first-order valence-corrected chi connectivity index (χ1v) is 6.69. The predicted octanol–water partition coefficient (Wildman–Crippen LogP) is 3.20. The van der Waals surface area contributed by atoms with Crippen LogP contribution in [-0.2, 0) is 7.05 Å². The summed E-state index contributed by atoms with van der Waals surface area (Å²) >= 11 is 1.66. The third-order valence-electron chi connectivity index (χ3n) is 2.96. The number of imidazole rings is 1. The predicted molar refractivity (Wildman–Crippen MR) is 74.9 cm³/mol. The summed E-state index contributed by atoms with van der Waals surface area (Å²) in [6.45, 7) is 2.10. The highest BCUT2D eigenvalue weighted by Gasteiger charge is 2.10. The third-order valence-corrected chi connectivity index (χ3v) is 3.77. The minimum atomic E-state index is 0.168. The van der Waals surface area contributed by atoms with Gasteiger partial charge in [0.2, 0.25) is 0 Å². The highest BCUT2D eigenvalue weighted by molar-refractivity contribution is 7.16. The smallest absolute Gasteiger partial charge is 0.130 e. The molecule has 3 rings (SSSR count). The van der Waals surface area contributed by atoms with Crippen molar-refractivity contribution in [3.8, 4) is 0 Å². The molecule has 1 N–H and O–H groups in total. The summed E-state index contributed by atoms with van der Waals surface area (Å²) < 4.78 is 3.24. The number of benzene rings is 1. The largest absolute Gasteiger partial charge is 0.375 e. The maximum atomic E-state index is 4.35. The van der Waals surface area contributed by atoms with Gasteiger partial charge in [-0.2, -0.15) is 0 Å². The van der Waals surface area contributed by atoms with Crippen LogP contribution in [0.1, 0.15) is 18.8 Å². The summed E-state index contributed by atoms with van der Waals surface area (Å²) in [6.07, 6.45) is 3.77. The molecule has 0 bridgehead atoms. The molecule has 3 aromatic rings. The Morgan fingerprint density at radius 3 is 3.00 bits per heavy atom. The van der Waals surface area contributed by atoms with E-state index in [1.54, 1.807) is 11.3 Å². The van der Waals surface area contributed by atoms with Gasteiger partial charge in [0, 0.05) is 25.1 Å². The number of thiazole rings is 1. The van der Waals surface area contributed by atoms with Gasteiger partial charge in [-0.05, 0) is 25.1 Å². The van der Waals surface area contributed by atoms with Crippen LogP contribution < -0.4 is 5.32 Å². The first kappa shape index (κ1) is 11.2. The van der Waals surface area contributed by atoms with Crippen LogP contribution in [0.4, 0.5) is 5.69 Å². The number of aromatic nitrogens is 3. The minimum Gasteiger partial charge on any atom is -0.375 e. The molecule has 1 atom stereocenters. The topological polar surface area (TPSA) is 42.7 Å². The first-order valence-electron chi connectivity index (χ1n) is 5.81. The van der Waals surface area contributed by atoms with Gasteiger partial charge in [-0.15, -0.1) is 11.3 Å². The standard InChI is InChI=1S/C13H14N4S/c1-9(13-14-5-6-17(13)2)16-10-3-4-12-11(7-10)15-8-18-12/h3-9,16H,1-2H3/t9-/m0/s1. The van der Waals surface area contributed by atoms with Gasteiger partial charge in [-0.1, -0.05) is 0 Å². The van der Waals surface area contributed by atoms with Crippen LogP contribution in [0, 0.1) is 0 Å². The fourth-order valence-corrected chi connectivity index (χ4v) is 2.72. The van der Waals surface area contributed by atoms with Gasteiger partial charge in [0.25, 0.3) is 0 Å². The van der Waals surface area contributed by atoms with Crippen LogP contribution in [-0.4, -0.2) is 14.5 Å². The molecule has 0 spiro atoms. The van der Waals surface area contributed by atoms with Crippen molar-refractivity contribution in [3.05, 3.63) is 41.9 Å². The number of hydrogen-bond acceptors (Lipinski definition) is 4. The lowest BCUT2D eigenvalue weighted by molar-refractivity contribution is 0.722. The fraction of sp³-hybridized carbons (Fsp3) is 0.231. The molecular formula is C13H14N4S. The van der Waals surface area contributed by atoms with E-state index in [-0.39, 0.29) is 6.04 Å². The van der Waals surface area contributed by atoms with E-state index in [1.165, 1.54) is 4.70 Å². The molecule has 0 aliphatic rings. The fourth-order valence-electron chi connectivity index (χ4n) is 2.06. The number of aryl methyl sites for hydroxylation is 1. The Morgan fingerprint density at radius 1 is 1.33 bits per heavy atom. The van der Waals surface area contributed by atoms with Crippen LogP contribution in [0.5, 0.6) is 0 Å². The molecule has 1 aromatic carbocycles. The Bertz CT molecular complexity index is 670. The van der Waals surface area contributed by atoms with Gasteiger partial charge >= 0.3 is 0 Å². The maximum Gasteiger partial charge on any atom is 0.130 e. The zero-order valence-electron chi connectivity index (χ0n) is 10.3. The van der Waals surface area contributed by atoms with E-state index in [2.05, 4.69) is 40.4 Å². The van der Waals surface area contributed by atoms with Crippen molar-refractivity contribution < 1.29 is 0 Å². The van der Waals surface area contributed by atoms with Crippen molar-refractivity contribution >= 4 is 27.2 Å². The molecular weight excluding hydrogens is 244 g/mol. The van der Waals surface area contributed by atoms with E-state index in [4.69, 9.17) is 0 Å². The Hall–Kier alpha value is -1.88. The minimum absolute atomic E-state index is 0.168. The summed E-state index contributed by atoms with van der Waals surface area (Å²) in [5.74, 6) is 1.02. The molecule has 18 heavy (non-hydrogen) atoms. The first-order chi connectivity index (χ1) is 8.74. The van der Waals surface area contributed by atoms with E-state index < -0.39 is 0 Å². The lowest BCUT2D eigenvalue weighted by Crippen LogP contribution is -2.11. The van der Waals surface area contributed by atoms with Crippen LogP contribution in [0.15, 0.2) is 36.1 Å². The second-order valence-electron chi connectivity index (χ2n) is 4.30. The summed E-state index contributed by atoms with van der Waals surface area (Å²) in [5.41, 5.74) is 3.98. The van der Waals surface area contributed by atoms with Gasteiger partial charge in [0.15, 0.2) is 0 Å². The maximum absolute atomic E-state index is 4.35. The second-order valence-corrected chi connectivity index (χ2v) is 5.18. The van der Waals surface area contributed by atoms with E-state index in [9.17, 15) is 0 Å². The quantitative estimate of drug-likeness (QED) is 0.784. The molecule has 0 aliphatic heterocycles. The van der Waals surface area contributed by atoms with Gasteiger partial charge in [0.1, 0.15) is 5.82 Å². The van der Waals surface area contributed by atoms with Crippen molar-refractivity contribution in [1.29, 1.82) is 0 Å². The zero-order chi connectivity index (χ0) is 12.5. The molecule has 0 saturated heterocycles. The summed E-state index contributed by atoms with van der Waals surface area (Å²) in [4.78, 5) is 8.68. The van der Waals surface area contributed by atoms with E-state index in [1.807, 2.05) is 29.5 Å². The summed E-state index contributed by atoms with van der Waals surface area (Å²) in [5, 5.41) is 3.45. The van der Waals surface area contributed by atoms with E-state index >= 15 is 0 Å². The monoisotopic (exact) mass is 258 g/mol. The van der Waals surface area contributed by atoms with Crippen LogP contribution in [0.2, 0.25) is 0 Å². The van der Waals surface area contributed by atoms with Crippen molar-refractivity contribution in [1.82, 2.24) is 14.5 Å². The normalized spacial score (nSPS) is 12.8. The molecule has 5 heteroatoms. The Kier molecular flexibility index (Phi) is 2.76. The third kappa shape index (κ3) is 1.97. The number of fused-ring (bicyclic) bond motifs is 1. The van der Waals surface area contributed by atoms with Gasteiger partial charge in [-0.3, -0.25) is 0 Å². The lowest BCUT2D eigenvalue weighted by Gasteiger charge is -2.15. The highest BCUT2D eigenvalue weighted by atomic mass is 32.1. The van der Waals surface area contributed by atoms with E-state index in [0.29, 0.717) is 0 Å². The van der Waals surface area contributed by atoms with Crippen LogP contribution >= 0.6 is 11.3 Å². The van der Waals surface area contributed by atoms with E-state index in [0.717, 1.165) is 17.0 Å². The molecule has 0 aliphatic carbocycles. The van der Waals surface area contributed by atoms with Crippen molar-refractivity contribution in [2.45, 2.75) is 13.0 Å². The Labute approximate surface area is 109 Å². The van der Waals surface area contributed by atoms with Gasteiger partial charge < -0.3 is 9.88 Å². The summed E-state index contributed by atoms with van der Waals surface area (Å²) in [7, 11) is 2.00. The van der Waals surface area contributed by atoms with Gasteiger partial charge in [-0.25, -0.2) is 9.97 Å². The molecule has 0 fully saturated rings. The van der Waals surface area contributed by atoms with Crippen molar-refractivity contribution in [2.24, 2.45) is 7.05 Å². The van der Waals surface area contributed by atoms with Crippen molar-refractivity contribution in [3.63, 3.8) is 0 Å². The average Bonchev–Trinajstić information content (AvgIpc) is 2.96. The van der Waals surface area contributed by atoms with Crippen LogP contribution in [0.25, 0.3) is 10.2 Å². The average molecular weight is 258 g/mol. The molecule has 92 valence electrons. The molecule has 0 amide bonds. The number of hydrogen-bond donors (Lipinski definition) is 1. The number of nitrogens with zero attached hydrogens (tertiary/aromatic N) is 3. The SMILES string of the molecule is C[C@H](Nc1ccc2scnc2c1)c1nccn1C. The lowest BCUT2D eigenvalue weighted by atomic mass is 10.2. The molecule has 0 saturated carbocycles. The van der Waals surface area contributed by atoms with Gasteiger partial charge in [0.05, 0.1) is 21.8 Å².